The first-order chi connectivity index (χ1) is 13.7. The average molecular weight is 388 g/mol. The van der Waals surface area contributed by atoms with Crippen molar-refractivity contribution < 1.29 is 4.79 Å². The van der Waals surface area contributed by atoms with E-state index < -0.39 is 0 Å². The van der Waals surface area contributed by atoms with Crippen LogP contribution in [0.25, 0.3) is 15.9 Å². The highest BCUT2D eigenvalue weighted by Crippen LogP contribution is 2.29. The first-order valence-electron chi connectivity index (χ1n) is 9.47. The first kappa shape index (κ1) is 17.1. The molecule has 28 heavy (non-hydrogen) atoms. The summed E-state index contributed by atoms with van der Waals surface area (Å²) in [4.78, 5) is 19.6. The Bertz CT molecular complexity index is 1130. The van der Waals surface area contributed by atoms with Crippen LogP contribution in [0.15, 0.2) is 54.6 Å². The van der Waals surface area contributed by atoms with Gasteiger partial charge in [0.1, 0.15) is 5.01 Å². The molecule has 2 aromatic heterocycles. The van der Waals surface area contributed by atoms with Crippen LogP contribution in [-0.2, 0) is 19.4 Å². The molecule has 1 aliphatic rings. The van der Waals surface area contributed by atoms with Crippen molar-refractivity contribution in [3.63, 3.8) is 0 Å². The van der Waals surface area contributed by atoms with Gasteiger partial charge in [0.15, 0.2) is 5.69 Å². The highest BCUT2D eigenvalue weighted by Gasteiger charge is 2.28. The van der Waals surface area contributed by atoms with E-state index in [9.17, 15) is 4.79 Å². The fourth-order valence-corrected chi connectivity index (χ4v) is 4.86. The van der Waals surface area contributed by atoms with E-state index >= 15 is 0 Å². The van der Waals surface area contributed by atoms with Gasteiger partial charge < -0.3 is 4.90 Å². The molecule has 2 heterocycles. The molecule has 0 radical (unpaired) electrons. The van der Waals surface area contributed by atoms with E-state index in [2.05, 4.69) is 11.1 Å². The van der Waals surface area contributed by atoms with Crippen molar-refractivity contribution in [1.29, 1.82) is 0 Å². The third-order valence-electron chi connectivity index (χ3n) is 5.19. The van der Waals surface area contributed by atoms with Gasteiger partial charge in [0.2, 0.25) is 0 Å². The maximum atomic E-state index is 13.2. The molecule has 140 valence electrons. The van der Waals surface area contributed by atoms with Crippen LogP contribution in [0.4, 0.5) is 0 Å². The summed E-state index contributed by atoms with van der Waals surface area (Å²) >= 11 is 1.64. The molecular weight excluding hydrogens is 368 g/mol. The second-order valence-corrected chi connectivity index (χ2v) is 8.23. The maximum Gasteiger partial charge on any atom is 0.274 e. The number of carbonyl (C=O) groups is 1. The lowest BCUT2D eigenvalue weighted by Crippen LogP contribution is -2.27. The molecule has 0 saturated heterocycles. The third-order valence-corrected chi connectivity index (χ3v) is 6.21. The maximum absolute atomic E-state index is 13.2. The van der Waals surface area contributed by atoms with Crippen molar-refractivity contribution in [2.75, 3.05) is 7.05 Å². The van der Waals surface area contributed by atoms with E-state index in [1.54, 1.807) is 16.2 Å². The summed E-state index contributed by atoms with van der Waals surface area (Å²) in [7, 11) is 1.83. The van der Waals surface area contributed by atoms with Gasteiger partial charge in [0.25, 0.3) is 5.91 Å². The van der Waals surface area contributed by atoms with E-state index in [4.69, 9.17) is 5.10 Å². The van der Waals surface area contributed by atoms with Gasteiger partial charge in [0, 0.05) is 18.3 Å². The van der Waals surface area contributed by atoms with Gasteiger partial charge in [-0.05, 0) is 43.5 Å². The zero-order chi connectivity index (χ0) is 19.1. The molecule has 5 nitrogen and oxygen atoms in total. The molecule has 0 spiro atoms. The molecule has 6 heteroatoms. The number of aromatic nitrogens is 3. The quantitative estimate of drug-likeness (QED) is 0.525. The van der Waals surface area contributed by atoms with Crippen molar-refractivity contribution in [3.8, 4) is 5.69 Å². The monoisotopic (exact) mass is 388 g/mol. The van der Waals surface area contributed by atoms with E-state index in [1.807, 2.05) is 60.3 Å². The minimum atomic E-state index is -0.0351. The van der Waals surface area contributed by atoms with E-state index in [0.717, 1.165) is 45.7 Å². The first-order valence-corrected chi connectivity index (χ1v) is 10.3. The Morgan fingerprint density at radius 3 is 2.71 bits per heavy atom. The van der Waals surface area contributed by atoms with Crippen LogP contribution in [0, 0.1) is 0 Å². The Morgan fingerprint density at radius 2 is 1.89 bits per heavy atom. The van der Waals surface area contributed by atoms with Crippen molar-refractivity contribution in [2.24, 2.45) is 0 Å². The molecule has 1 amide bonds. The van der Waals surface area contributed by atoms with Crippen LogP contribution < -0.4 is 0 Å². The Hall–Kier alpha value is -2.99. The Kier molecular flexibility index (Phi) is 4.20. The fraction of sp³-hybridized carbons (Fsp3) is 0.227. The summed E-state index contributed by atoms with van der Waals surface area (Å²) in [5.41, 5.74) is 4.85. The summed E-state index contributed by atoms with van der Waals surface area (Å²) in [6, 6.07) is 18.1. The van der Waals surface area contributed by atoms with Crippen LogP contribution in [0.2, 0.25) is 0 Å². The number of fused-ring (bicyclic) bond motifs is 2. The molecule has 5 rings (SSSR count). The number of hydrogen-bond acceptors (Lipinski definition) is 4. The van der Waals surface area contributed by atoms with Crippen molar-refractivity contribution >= 4 is 27.5 Å². The van der Waals surface area contributed by atoms with Gasteiger partial charge in [-0.2, -0.15) is 5.10 Å². The lowest BCUT2D eigenvalue weighted by molar-refractivity contribution is 0.0777. The minimum Gasteiger partial charge on any atom is -0.334 e. The molecule has 0 N–H and O–H groups in total. The standard InChI is InChI=1S/C22H20N4OS/c1-25(14-20-23-17-11-5-6-13-19(17)28-20)22(27)21-16-10-7-12-18(16)26(24-21)15-8-3-2-4-9-15/h2-6,8-9,11,13H,7,10,12,14H2,1H3. The number of benzene rings is 2. The molecule has 0 saturated carbocycles. The summed E-state index contributed by atoms with van der Waals surface area (Å²) in [6.07, 6.45) is 2.95. The zero-order valence-electron chi connectivity index (χ0n) is 15.6. The summed E-state index contributed by atoms with van der Waals surface area (Å²) in [5, 5.41) is 5.66. The van der Waals surface area contributed by atoms with Crippen molar-refractivity contribution in [3.05, 3.63) is 76.6 Å². The molecule has 2 aromatic carbocycles. The molecule has 1 aliphatic carbocycles. The molecule has 4 aromatic rings. The van der Waals surface area contributed by atoms with Crippen LogP contribution in [0.5, 0.6) is 0 Å². The smallest absolute Gasteiger partial charge is 0.274 e. The molecular formula is C22H20N4OS. The Labute approximate surface area is 167 Å². The van der Waals surface area contributed by atoms with Gasteiger partial charge >= 0.3 is 0 Å². The second-order valence-electron chi connectivity index (χ2n) is 7.11. The number of hydrogen-bond donors (Lipinski definition) is 0. The average Bonchev–Trinajstić information content (AvgIpc) is 3.42. The number of rotatable bonds is 4. The number of carbonyl (C=O) groups excluding carboxylic acids is 1. The van der Waals surface area contributed by atoms with E-state index in [1.165, 1.54) is 5.69 Å². The largest absolute Gasteiger partial charge is 0.334 e. The number of amides is 1. The number of thiazole rings is 1. The van der Waals surface area contributed by atoms with Crippen LogP contribution in [-0.4, -0.2) is 32.6 Å². The van der Waals surface area contributed by atoms with Crippen LogP contribution in [0.1, 0.15) is 33.2 Å². The van der Waals surface area contributed by atoms with Gasteiger partial charge in [-0.3, -0.25) is 4.79 Å². The SMILES string of the molecule is CN(Cc1nc2ccccc2s1)C(=O)c1nn(-c2ccccc2)c2c1CCC2. The van der Waals surface area contributed by atoms with E-state index in [-0.39, 0.29) is 5.91 Å². The number of para-hydroxylation sites is 2. The molecule has 0 atom stereocenters. The molecule has 0 aliphatic heterocycles. The molecule has 0 bridgehead atoms. The fourth-order valence-electron chi connectivity index (χ4n) is 3.83. The predicted molar refractivity (Wildman–Crippen MR) is 111 cm³/mol. The second kappa shape index (κ2) is 6.87. The van der Waals surface area contributed by atoms with Gasteiger partial charge in [-0.15, -0.1) is 11.3 Å². The number of nitrogens with zero attached hydrogens (tertiary/aromatic N) is 4. The highest BCUT2D eigenvalue weighted by molar-refractivity contribution is 7.18. The molecule has 0 fully saturated rings. The third kappa shape index (κ3) is 2.90. The minimum absolute atomic E-state index is 0.0351. The van der Waals surface area contributed by atoms with Crippen molar-refractivity contribution in [1.82, 2.24) is 19.7 Å². The Balaban J connectivity index is 1.45. The van der Waals surface area contributed by atoms with Gasteiger partial charge in [-0.1, -0.05) is 30.3 Å². The predicted octanol–water partition coefficient (Wildman–Crippen LogP) is 4.24. The van der Waals surface area contributed by atoms with Gasteiger partial charge in [-0.25, -0.2) is 9.67 Å². The highest BCUT2D eigenvalue weighted by atomic mass is 32.1. The molecule has 0 unspecified atom stereocenters. The van der Waals surface area contributed by atoms with E-state index in [0.29, 0.717) is 12.2 Å². The van der Waals surface area contributed by atoms with Crippen LogP contribution >= 0.6 is 11.3 Å². The normalized spacial score (nSPS) is 13.0. The zero-order valence-corrected chi connectivity index (χ0v) is 16.4. The lowest BCUT2D eigenvalue weighted by Gasteiger charge is -2.14. The lowest BCUT2D eigenvalue weighted by atomic mass is 10.2. The van der Waals surface area contributed by atoms with Gasteiger partial charge in [0.05, 0.1) is 22.4 Å². The Morgan fingerprint density at radius 1 is 1.11 bits per heavy atom. The van der Waals surface area contributed by atoms with Crippen molar-refractivity contribution in [2.45, 2.75) is 25.8 Å². The summed E-state index contributed by atoms with van der Waals surface area (Å²) < 4.78 is 3.09. The summed E-state index contributed by atoms with van der Waals surface area (Å²) in [6.45, 7) is 0.491. The summed E-state index contributed by atoms with van der Waals surface area (Å²) in [5.74, 6) is -0.0351. The van der Waals surface area contributed by atoms with Crippen LogP contribution in [0.3, 0.4) is 0 Å². The topological polar surface area (TPSA) is 51.0 Å².